The van der Waals surface area contributed by atoms with E-state index in [0.717, 1.165) is 39.8 Å². The number of hydrogen-bond acceptors (Lipinski definition) is 3. The van der Waals surface area contributed by atoms with E-state index in [1.54, 1.807) is 7.11 Å². The lowest BCUT2D eigenvalue weighted by atomic mass is 9.58. The number of methoxy groups -OCH3 is 1. The van der Waals surface area contributed by atoms with Crippen LogP contribution in [0.4, 0.5) is 5.69 Å². The van der Waals surface area contributed by atoms with Crippen molar-refractivity contribution in [2.45, 2.75) is 86.0 Å². The van der Waals surface area contributed by atoms with Crippen LogP contribution in [0.2, 0.25) is 0 Å². The minimum absolute atomic E-state index is 0.133. The maximum Gasteiger partial charge on any atom is 0.142 e. The molecule has 0 spiro atoms. The van der Waals surface area contributed by atoms with Gasteiger partial charge in [-0.2, -0.15) is 0 Å². The van der Waals surface area contributed by atoms with Gasteiger partial charge in [0.1, 0.15) is 17.3 Å². The van der Waals surface area contributed by atoms with Gasteiger partial charge in [-0.1, -0.05) is 79.3 Å². The molecule has 0 heterocycles. The van der Waals surface area contributed by atoms with Crippen LogP contribution in [0.15, 0.2) is 66.1 Å². The number of aryl methyl sites for hydroxylation is 2. The summed E-state index contributed by atoms with van der Waals surface area (Å²) in [5.74, 6) is 3.35. The second kappa shape index (κ2) is 10.6. The fourth-order valence-corrected chi connectivity index (χ4v) is 5.41. The molecule has 0 saturated carbocycles. The Morgan fingerprint density at radius 1 is 0.972 bits per heavy atom. The molecule has 1 N–H and O–H groups in total. The van der Waals surface area contributed by atoms with Crippen LogP contribution < -0.4 is 14.8 Å². The van der Waals surface area contributed by atoms with Crippen molar-refractivity contribution in [2.75, 3.05) is 12.4 Å². The molecular weight excluding hydrogens is 442 g/mol. The fraction of sp³-hybridized carbons (Fsp3) is 0.455. The Morgan fingerprint density at radius 3 is 2.33 bits per heavy atom. The van der Waals surface area contributed by atoms with Crippen molar-refractivity contribution in [1.29, 1.82) is 0 Å². The average Bonchev–Trinajstić information content (AvgIpc) is 3.30. The summed E-state index contributed by atoms with van der Waals surface area (Å²) < 4.78 is 12.0. The first-order valence-corrected chi connectivity index (χ1v) is 13.3. The molecule has 0 bridgehead atoms. The molecule has 194 valence electrons. The number of anilines is 1. The van der Waals surface area contributed by atoms with Gasteiger partial charge in [0, 0.05) is 12.1 Å². The SMILES string of the molecule is C=C(Nc1c(C)cccc1OC)C1=CC=C(Oc2cc3c(cc2C)C(C)(C)C(C)CC3(C)C)C1.CC. The zero-order chi connectivity index (χ0) is 26.8. The van der Waals surface area contributed by atoms with Crippen molar-refractivity contribution in [2.24, 2.45) is 5.92 Å². The third kappa shape index (κ3) is 5.26. The maximum absolute atomic E-state index is 6.48. The minimum Gasteiger partial charge on any atom is -0.495 e. The van der Waals surface area contributed by atoms with E-state index in [4.69, 9.17) is 9.47 Å². The van der Waals surface area contributed by atoms with E-state index in [2.05, 4.69) is 90.7 Å². The molecule has 1 unspecified atom stereocenters. The number of nitrogens with one attached hydrogen (secondary N) is 1. The molecule has 36 heavy (non-hydrogen) atoms. The van der Waals surface area contributed by atoms with E-state index < -0.39 is 0 Å². The van der Waals surface area contributed by atoms with Gasteiger partial charge >= 0.3 is 0 Å². The van der Waals surface area contributed by atoms with Gasteiger partial charge in [0.05, 0.1) is 12.8 Å². The first-order chi connectivity index (χ1) is 16.9. The summed E-state index contributed by atoms with van der Waals surface area (Å²) in [6.07, 6.45) is 6.05. The molecule has 0 radical (unpaired) electrons. The second-order valence-electron chi connectivity index (χ2n) is 11.2. The molecule has 2 aliphatic rings. The zero-order valence-corrected chi connectivity index (χ0v) is 24.1. The molecule has 0 aliphatic heterocycles. The van der Waals surface area contributed by atoms with E-state index in [-0.39, 0.29) is 10.8 Å². The first kappa shape index (κ1) is 27.6. The largest absolute Gasteiger partial charge is 0.495 e. The Morgan fingerprint density at radius 2 is 1.67 bits per heavy atom. The van der Waals surface area contributed by atoms with Gasteiger partial charge in [0.25, 0.3) is 0 Å². The van der Waals surface area contributed by atoms with Crippen molar-refractivity contribution in [3.05, 3.63) is 88.3 Å². The van der Waals surface area contributed by atoms with Crippen molar-refractivity contribution in [3.63, 3.8) is 0 Å². The molecule has 2 aromatic carbocycles. The number of benzene rings is 2. The Labute approximate surface area is 219 Å². The average molecular weight is 488 g/mol. The number of fused-ring (bicyclic) bond motifs is 1. The summed E-state index contributed by atoms with van der Waals surface area (Å²) in [5.41, 5.74) is 8.42. The highest BCUT2D eigenvalue weighted by Gasteiger charge is 2.42. The van der Waals surface area contributed by atoms with Gasteiger partial charge in [0.2, 0.25) is 0 Å². The van der Waals surface area contributed by atoms with Gasteiger partial charge in [-0.25, -0.2) is 0 Å². The Hall–Kier alpha value is -2.94. The van der Waals surface area contributed by atoms with Gasteiger partial charge in [0.15, 0.2) is 0 Å². The number of para-hydroxylation sites is 1. The highest BCUT2D eigenvalue weighted by Crippen LogP contribution is 2.50. The molecule has 0 aromatic heterocycles. The Kier molecular flexibility index (Phi) is 8.13. The molecule has 4 rings (SSSR count). The standard InChI is InChI=1S/C31H39NO2.C2H6/c1-19-11-10-12-27(33-9)29(19)32-22(4)23-13-14-24(16-23)34-28-17-25-26(15-20(28)2)31(7,8)21(3)18-30(25,5)6;1-2/h10-15,17,21,32H,4,16,18H2,1-3,5-9H3;1-2H3. The summed E-state index contributed by atoms with van der Waals surface area (Å²) in [5, 5.41) is 3.46. The van der Waals surface area contributed by atoms with Crippen LogP contribution in [0.3, 0.4) is 0 Å². The van der Waals surface area contributed by atoms with Crippen LogP contribution in [0.5, 0.6) is 11.5 Å². The van der Waals surface area contributed by atoms with Crippen LogP contribution in [-0.2, 0) is 10.8 Å². The van der Waals surface area contributed by atoms with Gasteiger partial charge in [-0.15, -0.1) is 0 Å². The molecule has 0 saturated heterocycles. The number of hydrogen-bond donors (Lipinski definition) is 1. The van der Waals surface area contributed by atoms with Crippen molar-refractivity contribution < 1.29 is 9.47 Å². The van der Waals surface area contributed by atoms with Gasteiger partial charge in [-0.05, 0) is 83.1 Å². The lowest BCUT2D eigenvalue weighted by molar-refractivity contribution is 0.232. The second-order valence-corrected chi connectivity index (χ2v) is 11.2. The molecule has 0 amide bonds. The van der Waals surface area contributed by atoms with Crippen molar-refractivity contribution in [1.82, 2.24) is 0 Å². The fourth-order valence-electron chi connectivity index (χ4n) is 5.41. The van der Waals surface area contributed by atoms with Crippen molar-refractivity contribution in [3.8, 4) is 11.5 Å². The quantitative estimate of drug-likeness (QED) is 0.440. The summed E-state index contributed by atoms with van der Waals surface area (Å²) in [4.78, 5) is 0. The van der Waals surface area contributed by atoms with Crippen LogP contribution >= 0.6 is 0 Å². The van der Waals surface area contributed by atoms with E-state index in [1.165, 1.54) is 23.1 Å². The Balaban J connectivity index is 0.00000176. The topological polar surface area (TPSA) is 30.5 Å². The third-order valence-electron chi connectivity index (χ3n) is 7.98. The minimum atomic E-state index is 0.133. The zero-order valence-electron chi connectivity index (χ0n) is 24.1. The third-order valence-corrected chi connectivity index (χ3v) is 7.98. The van der Waals surface area contributed by atoms with Gasteiger partial charge in [-0.3, -0.25) is 0 Å². The highest BCUT2D eigenvalue weighted by molar-refractivity contribution is 5.66. The summed E-state index contributed by atoms with van der Waals surface area (Å²) in [7, 11) is 1.69. The van der Waals surface area contributed by atoms with E-state index in [9.17, 15) is 0 Å². The number of allylic oxidation sites excluding steroid dienone is 4. The van der Waals surface area contributed by atoms with Gasteiger partial charge < -0.3 is 14.8 Å². The first-order valence-electron chi connectivity index (χ1n) is 13.3. The molecule has 2 aromatic rings. The highest BCUT2D eigenvalue weighted by atomic mass is 16.5. The predicted octanol–water partition coefficient (Wildman–Crippen LogP) is 9.15. The predicted molar refractivity (Wildman–Crippen MR) is 154 cm³/mol. The smallest absolute Gasteiger partial charge is 0.142 e. The molecule has 3 heteroatoms. The molecular formula is C33H45NO2. The Bertz CT molecular complexity index is 1200. The van der Waals surface area contributed by atoms with E-state index in [1.807, 2.05) is 26.0 Å². The normalized spacial score (nSPS) is 19.2. The molecule has 3 nitrogen and oxygen atoms in total. The number of ether oxygens (including phenoxy) is 2. The number of rotatable bonds is 6. The van der Waals surface area contributed by atoms with Crippen molar-refractivity contribution >= 4 is 5.69 Å². The summed E-state index contributed by atoms with van der Waals surface area (Å²) >= 11 is 0. The van der Waals surface area contributed by atoms with E-state index >= 15 is 0 Å². The maximum atomic E-state index is 6.48. The van der Waals surface area contributed by atoms with Crippen LogP contribution in [0.25, 0.3) is 0 Å². The molecule has 2 aliphatic carbocycles. The summed E-state index contributed by atoms with van der Waals surface area (Å²) in [6, 6.07) is 10.7. The molecule has 0 fully saturated rings. The van der Waals surface area contributed by atoms with E-state index in [0.29, 0.717) is 12.3 Å². The van der Waals surface area contributed by atoms with Crippen LogP contribution in [0.1, 0.15) is 83.6 Å². The van der Waals surface area contributed by atoms with Crippen LogP contribution in [-0.4, -0.2) is 7.11 Å². The molecule has 1 atom stereocenters. The summed E-state index contributed by atoms with van der Waals surface area (Å²) in [6.45, 7) is 24.4. The lowest BCUT2D eigenvalue weighted by Crippen LogP contribution is -2.40. The monoisotopic (exact) mass is 487 g/mol. The van der Waals surface area contributed by atoms with Crippen LogP contribution in [0, 0.1) is 19.8 Å². The lowest BCUT2D eigenvalue weighted by Gasteiger charge is -2.46.